The van der Waals surface area contributed by atoms with Gasteiger partial charge in [-0.2, -0.15) is 0 Å². The second kappa shape index (κ2) is 11.4. The molecule has 10 heavy (non-hydrogen) atoms. The van der Waals surface area contributed by atoms with Gasteiger partial charge >= 0.3 is 29.6 Å². The Bertz CT molecular complexity index is 121. The molecule has 4 nitrogen and oxygen atoms in total. The van der Waals surface area contributed by atoms with E-state index in [-0.39, 0.29) is 36.0 Å². The summed E-state index contributed by atoms with van der Waals surface area (Å²) in [5.41, 5.74) is 0. The molecule has 0 aliphatic heterocycles. The molecule has 48 valence electrons. The fourth-order valence-electron chi connectivity index (χ4n) is 0.225. The van der Waals surface area contributed by atoms with Gasteiger partial charge in [-0.25, -0.2) is 0 Å². The van der Waals surface area contributed by atoms with Crippen molar-refractivity contribution in [2.24, 2.45) is 0 Å². The predicted molar refractivity (Wildman–Crippen MR) is 29.6 cm³/mol. The minimum atomic E-state index is -0.250. The molecule has 1 rings (SSSR count). The SMILES string of the molecule is O=CO.[Na+].[c-]1ccncn1. The van der Waals surface area contributed by atoms with Gasteiger partial charge in [-0.3, -0.25) is 4.79 Å². The first-order valence-corrected chi connectivity index (χ1v) is 2.11. The van der Waals surface area contributed by atoms with Gasteiger partial charge in [-0.05, 0) is 6.33 Å². The average Bonchev–Trinajstić information content (AvgIpc) is 1.93. The molecule has 0 saturated carbocycles. The number of carbonyl (C=O) groups is 1. The fraction of sp³-hybridized carbons (Fsp3) is 0. The molecule has 1 heterocycles. The maximum atomic E-state index is 8.36. The Hall–Kier alpha value is -0.450. The van der Waals surface area contributed by atoms with E-state index in [4.69, 9.17) is 9.90 Å². The maximum absolute atomic E-state index is 8.36. The molecule has 0 atom stereocenters. The molecule has 1 aromatic rings. The van der Waals surface area contributed by atoms with Crippen LogP contribution >= 0.6 is 0 Å². The van der Waals surface area contributed by atoms with E-state index in [9.17, 15) is 0 Å². The van der Waals surface area contributed by atoms with Crippen molar-refractivity contribution in [2.75, 3.05) is 0 Å². The van der Waals surface area contributed by atoms with E-state index in [1.807, 2.05) is 0 Å². The first-order chi connectivity index (χ1) is 4.41. The van der Waals surface area contributed by atoms with E-state index in [1.165, 1.54) is 6.33 Å². The average molecular weight is 148 g/mol. The van der Waals surface area contributed by atoms with Gasteiger partial charge in [-0.15, -0.1) is 6.07 Å². The molecular weight excluding hydrogens is 143 g/mol. The van der Waals surface area contributed by atoms with Crippen molar-refractivity contribution in [3.63, 3.8) is 0 Å². The van der Waals surface area contributed by atoms with Gasteiger partial charge in [0, 0.05) is 0 Å². The van der Waals surface area contributed by atoms with Crippen molar-refractivity contribution in [3.8, 4) is 0 Å². The molecule has 0 spiro atoms. The predicted octanol–water partition coefficient (Wildman–Crippen LogP) is -3.02. The van der Waals surface area contributed by atoms with Gasteiger partial charge in [0.1, 0.15) is 0 Å². The normalized spacial score (nSPS) is 6.00. The van der Waals surface area contributed by atoms with Crippen LogP contribution in [0.5, 0.6) is 0 Å². The molecule has 0 bridgehead atoms. The Morgan fingerprint density at radius 1 is 1.60 bits per heavy atom. The summed E-state index contributed by atoms with van der Waals surface area (Å²) in [7, 11) is 0. The third-order valence-electron chi connectivity index (χ3n) is 0.434. The van der Waals surface area contributed by atoms with Crippen molar-refractivity contribution in [1.82, 2.24) is 9.97 Å². The van der Waals surface area contributed by atoms with E-state index >= 15 is 0 Å². The van der Waals surface area contributed by atoms with E-state index in [2.05, 4.69) is 16.2 Å². The van der Waals surface area contributed by atoms with Crippen LogP contribution in [0.2, 0.25) is 0 Å². The first-order valence-electron chi connectivity index (χ1n) is 2.11. The molecular formula is C5H5N2NaO2. The monoisotopic (exact) mass is 148 g/mol. The number of rotatable bonds is 0. The second-order valence-electron chi connectivity index (χ2n) is 0.944. The van der Waals surface area contributed by atoms with Gasteiger partial charge in [0.2, 0.25) is 0 Å². The van der Waals surface area contributed by atoms with Crippen LogP contribution in [0.3, 0.4) is 0 Å². The van der Waals surface area contributed by atoms with E-state index < -0.39 is 0 Å². The largest absolute Gasteiger partial charge is 1.00 e. The van der Waals surface area contributed by atoms with Crippen molar-refractivity contribution < 1.29 is 39.5 Å². The standard InChI is InChI=1S/C4H3N2.CH2O2.Na/c1-2-5-4-6-3-1;2-1-3;/h1-2,4H;1H,(H,2,3);/q-1;;+1. The van der Waals surface area contributed by atoms with Gasteiger partial charge in [0.05, 0.1) is 0 Å². The Morgan fingerprint density at radius 3 is 2.30 bits per heavy atom. The zero-order chi connectivity index (χ0) is 6.95. The Labute approximate surface area is 80.6 Å². The molecule has 0 aliphatic rings. The van der Waals surface area contributed by atoms with Crippen LogP contribution in [0.1, 0.15) is 0 Å². The van der Waals surface area contributed by atoms with E-state index in [1.54, 1.807) is 12.3 Å². The second-order valence-corrected chi connectivity index (χ2v) is 0.944. The van der Waals surface area contributed by atoms with Crippen LogP contribution in [0.25, 0.3) is 0 Å². The Balaban J connectivity index is 0. The molecule has 0 aromatic carbocycles. The van der Waals surface area contributed by atoms with Gasteiger partial charge < -0.3 is 15.1 Å². The van der Waals surface area contributed by atoms with Crippen molar-refractivity contribution in [3.05, 3.63) is 24.8 Å². The smallest absolute Gasteiger partial charge is 0.483 e. The van der Waals surface area contributed by atoms with Gasteiger partial charge in [0.25, 0.3) is 6.47 Å². The number of hydrogen-bond donors (Lipinski definition) is 1. The van der Waals surface area contributed by atoms with Gasteiger partial charge in [-0.1, -0.05) is 12.4 Å². The molecule has 1 aromatic heterocycles. The number of hydrogen-bond acceptors (Lipinski definition) is 3. The van der Waals surface area contributed by atoms with Crippen LogP contribution < -0.4 is 29.6 Å². The number of carboxylic acid groups (broad SMARTS) is 1. The molecule has 0 unspecified atom stereocenters. The topological polar surface area (TPSA) is 63.1 Å². The summed E-state index contributed by atoms with van der Waals surface area (Å²) >= 11 is 0. The van der Waals surface area contributed by atoms with Crippen LogP contribution in [-0.2, 0) is 4.79 Å². The summed E-state index contributed by atoms with van der Waals surface area (Å²) in [6.45, 7) is -0.250. The van der Waals surface area contributed by atoms with Crippen LogP contribution in [0.15, 0.2) is 18.6 Å². The van der Waals surface area contributed by atoms with Gasteiger partial charge in [0.15, 0.2) is 0 Å². The summed E-state index contributed by atoms with van der Waals surface area (Å²) in [5, 5.41) is 6.89. The van der Waals surface area contributed by atoms with Crippen LogP contribution in [0.4, 0.5) is 0 Å². The number of aromatic nitrogens is 2. The summed E-state index contributed by atoms with van der Waals surface area (Å²) in [6, 6.07) is 1.65. The fourth-order valence-corrected chi connectivity index (χ4v) is 0.225. The first kappa shape index (κ1) is 12.2. The minimum Gasteiger partial charge on any atom is -0.483 e. The Morgan fingerprint density at radius 2 is 2.20 bits per heavy atom. The van der Waals surface area contributed by atoms with Crippen molar-refractivity contribution in [2.45, 2.75) is 0 Å². The van der Waals surface area contributed by atoms with Crippen molar-refractivity contribution >= 4 is 6.47 Å². The molecule has 1 N–H and O–H groups in total. The van der Waals surface area contributed by atoms with Crippen molar-refractivity contribution in [1.29, 1.82) is 0 Å². The summed E-state index contributed by atoms with van der Waals surface area (Å²) < 4.78 is 0. The summed E-state index contributed by atoms with van der Waals surface area (Å²) in [4.78, 5) is 15.6. The molecule has 5 heteroatoms. The summed E-state index contributed by atoms with van der Waals surface area (Å²) in [6.07, 6.45) is 5.66. The molecule has 0 radical (unpaired) electrons. The van der Waals surface area contributed by atoms with Crippen LogP contribution in [-0.4, -0.2) is 21.5 Å². The molecule has 0 saturated heterocycles. The molecule has 0 aliphatic carbocycles. The quantitative estimate of drug-likeness (QED) is 0.242. The third-order valence-corrected chi connectivity index (χ3v) is 0.434. The zero-order valence-corrected chi connectivity index (χ0v) is 7.56. The summed E-state index contributed by atoms with van der Waals surface area (Å²) in [5.74, 6) is 0. The molecule has 0 amide bonds. The third kappa shape index (κ3) is 10.5. The minimum absolute atomic E-state index is 0. The molecule has 0 fully saturated rings. The number of nitrogens with zero attached hydrogens (tertiary/aromatic N) is 2. The Kier molecular flexibility index (Phi) is 13.9. The maximum Gasteiger partial charge on any atom is 1.00 e. The zero-order valence-electron chi connectivity index (χ0n) is 5.56. The van der Waals surface area contributed by atoms with E-state index in [0.717, 1.165) is 0 Å². The van der Waals surface area contributed by atoms with E-state index in [0.29, 0.717) is 0 Å². The van der Waals surface area contributed by atoms with Crippen LogP contribution in [0, 0.1) is 6.20 Å².